The van der Waals surface area contributed by atoms with Crippen LogP contribution in [0.4, 0.5) is 0 Å². The summed E-state index contributed by atoms with van der Waals surface area (Å²) in [5, 5.41) is 12.8. The van der Waals surface area contributed by atoms with Crippen molar-refractivity contribution in [3.63, 3.8) is 0 Å². The number of rotatable bonds is 3. The van der Waals surface area contributed by atoms with Gasteiger partial charge in [-0.25, -0.2) is 0 Å². The van der Waals surface area contributed by atoms with Crippen LogP contribution in [0, 0.1) is 11.3 Å². The highest BCUT2D eigenvalue weighted by Crippen LogP contribution is 2.24. The van der Waals surface area contributed by atoms with Gasteiger partial charge < -0.3 is 10.1 Å². The largest absolute Gasteiger partial charge is 0.497 e. The van der Waals surface area contributed by atoms with Gasteiger partial charge >= 0.3 is 0 Å². The number of nitrogens with one attached hydrogen (secondary N) is 1. The van der Waals surface area contributed by atoms with Crippen LogP contribution in [0.5, 0.6) is 5.75 Å². The first kappa shape index (κ1) is 12.9. The Bertz CT molecular complexity index is 419. The standard InChI is InChI=1S/C14H19N3O/c1-18-13-5-2-4-12(10-13)14(11-15)17-8-3-6-16-7-9-17/h2,4-5,10,14,16H,3,6-9H2,1H3. The molecular formula is C14H19N3O. The van der Waals surface area contributed by atoms with Gasteiger partial charge in [0.2, 0.25) is 0 Å². The van der Waals surface area contributed by atoms with Crippen LogP contribution in [-0.2, 0) is 0 Å². The molecule has 1 aliphatic rings. The van der Waals surface area contributed by atoms with E-state index in [0.29, 0.717) is 0 Å². The van der Waals surface area contributed by atoms with Gasteiger partial charge in [0.1, 0.15) is 11.8 Å². The number of methoxy groups -OCH3 is 1. The lowest BCUT2D eigenvalue weighted by Crippen LogP contribution is -2.31. The summed E-state index contributed by atoms with van der Waals surface area (Å²) in [6.07, 6.45) is 1.09. The molecule has 1 N–H and O–H groups in total. The van der Waals surface area contributed by atoms with Gasteiger partial charge in [-0.05, 0) is 30.7 Å². The van der Waals surface area contributed by atoms with Crippen molar-refractivity contribution in [3.8, 4) is 11.8 Å². The summed E-state index contributed by atoms with van der Waals surface area (Å²) in [7, 11) is 1.65. The van der Waals surface area contributed by atoms with Crippen molar-refractivity contribution in [1.82, 2.24) is 10.2 Å². The SMILES string of the molecule is COc1cccc(C(C#N)N2CCCNCC2)c1. The van der Waals surface area contributed by atoms with Crippen LogP contribution in [0.1, 0.15) is 18.0 Å². The normalized spacial score (nSPS) is 18.7. The molecule has 1 unspecified atom stereocenters. The molecule has 96 valence electrons. The molecule has 1 aromatic rings. The molecule has 1 saturated heterocycles. The van der Waals surface area contributed by atoms with Crippen LogP contribution in [0.2, 0.25) is 0 Å². The van der Waals surface area contributed by atoms with Crippen LogP contribution in [0.15, 0.2) is 24.3 Å². The summed E-state index contributed by atoms with van der Waals surface area (Å²) in [6, 6.07) is 10.0. The lowest BCUT2D eigenvalue weighted by atomic mass is 10.1. The monoisotopic (exact) mass is 245 g/mol. The summed E-state index contributed by atoms with van der Waals surface area (Å²) in [6.45, 7) is 3.85. The maximum absolute atomic E-state index is 9.43. The van der Waals surface area contributed by atoms with Gasteiger partial charge in [0, 0.05) is 19.6 Å². The van der Waals surface area contributed by atoms with E-state index in [2.05, 4.69) is 16.3 Å². The maximum Gasteiger partial charge on any atom is 0.124 e. The first-order valence-corrected chi connectivity index (χ1v) is 6.33. The van der Waals surface area contributed by atoms with Crippen LogP contribution in [-0.4, -0.2) is 38.2 Å². The van der Waals surface area contributed by atoms with Crippen molar-refractivity contribution < 1.29 is 4.74 Å². The predicted molar refractivity (Wildman–Crippen MR) is 70.4 cm³/mol. The van der Waals surface area contributed by atoms with Gasteiger partial charge in [0.25, 0.3) is 0 Å². The summed E-state index contributed by atoms with van der Waals surface area (Å²) < 4.78 is 5.22. The summed E-state index contributed by atoms with van der Waals surface area (Å²) in [5.74, 6) is 0.806. The van der Waals surface area contributed by atoms with Crippen molar-refractivity contribution >= 4 is 0 Å². The van der Waals surface area contributed by atoms with Gasteiger partial charge in [-0.3, -0.25) is 4.90 Å². The first-order valence-electron chi connectivity index (χ1n) is 6.33. The molecule has 0 radical (unpaired) electrons. The molecule has 18 heavy (non-hydrogen) atoms. The molecule has 1 aliphatic heterocycles. The number of nitrogens with zero attached hydrogens (tertiary/aromatic N) is 2. The Hall–Kier alpha value is -1.57. The molecule has 4 nitrogen and oxygen atoms in total. The van der Waals surface area contributed by atoms with E-state index in [4.69, 9.17) is 4.74 Å². The van der Waals surface area contributed by atoms with E-state index in [9.17, 15) is 5.26 Å². The van der Waals surface area contributed by atoms with Crippen LogP contribution in [0.3, 0.4) is 0 Å². The fraction of sp³-hybridized carbons (Fsp3) is 0.500. The molecule has 0 spiro atoms. The van der Waals surface area contributed by atoms with Crippen molar-refractivity contribution in [1.29, 1.82) is 5.26 Å². The fourth-order valence-corrected chi connectivity index (χ4v) is 2.30. The van der Waals surface area contributed by atoms with Crippen molar-refractivity contribution in [2.24, 2.45) is 0 Å². The van der Waals surface area contributed by atoms with E-state index >= 15 is 0 Å². The number of hydrogen-bond acceptors (Lipinski definition) is 4. The second-order valence-corrected chi connectivity index (χ2v) is 4.45. The van der Waals surface area contributed by atoms with Crippen molar-refractivity contribution in [3.05, 3.63) is 29.8 Å². The van der Waals surface area contributed by atoms with Crippen LogP contribution in [0.25, 0.3) is 0 Å². The van der Waals surface area contributed by atoms with E-state index in [1.165, 1.54) is 0 Å². The average Bonchev–Trinajstić information content (AvgIpc) is 2.69. The van der Waals surface area contributed by atoms with Crippen molar-refractivity contribution in [2.45, 2.75) is 12.5 Å². The van der Waals surface area contributed by atoms with E-state index in [-0.39, 0.29) is 6.04 Å². The number of nitriles is 1. The van der Waals surface area contributed by atoms with Crippen molar-refractivity contribution in [2.75, 3.05) is 33.3 Å². The molecule has 1 fully saturated rings. The topological polar surface area (TPSA) is 48.3 Å². The second-order valence-electron chi connectivity index (χ2n) is 4.45. The molecule has 0 aromatic heterocycles. The maximum atomic E-state index is 9.43. The van der Waals surface area contributed by atoms with Crippen LogP contribution >= 0.6 is 0 Å². The number of benzene rings is 1. The fourth-order valence-electron chi connectivity index (χ4n) is 2.30. The summed E-state index contributed by atoms with van der Waals surface area (Å²) in [5.41, 5.74) is 1.01. The molecule has 1 atom stereocenters. The second kappa shape index (κ2) is 6.39. The third kappa shape index (κ3) is 3.00. The molecule has 0 aliphatic carbocycles. The minimum atomic E-state index is -0.181. The molecule has 2 rings (SSSR count). The number of ether oxygens (including phenoxy) is 1. The van der Waals surface area contributed by atoms with Gasteiger partial charge in [0.15, 0.2) is 0 Å². The third-order valence-corrected chi connectivity index (χ3v) is 3.27. The molecule has 1 aromatic carbocycles. The zero-order valence-electron chi connectivity index (χ0n) is 10.7. The van der Waals surface area contributed by atoms with E-state index < -0.39 is 0 Å². The Balaban J connectivity index is 2.18. The highest BCUT2D eigenvalue weighted by atomic mass is 16.5. The predicted octanol–water partition coefficient (Wildman–Crippen LogP) is 1.56. The van der Waals surface area contributed by atoms with E-state index in [0.717, 1.165) is 43.9 Å². The summed E-state index contributed by atoms with van der Waals surface area (Å²) >= 11 is 0. The highest BCUT2D eigenvalue weighted by Gasteiger charge is 2.21. The number of hydrogen-bond donors (Lipinski definition) is 1. The average molecular weight is 245 g/mol. The summed E-state index contributed by atoms with van der Waals surface area (Å²) in [4.78, 5) is 2.23. The van der Waals surface area contributed by atoms with E-state index in [1.54, 1.807) is 7.11 Å². The molecule has 0 saturated carbocycles. The minimum absolute atomic E-state index is 0.181. The Morgan fingerprint density at radius 2 is 2.28 bits per heavy atom. The zero-order chi connectivity index (χ0) is 12.8. The molecule has 0 bridgehead atoms. The lowest BCUT2D eigenvalue weighted by molar-refractivity contribution is 0.252. The van der Waals surface area contributed by atoms with E-state index in [1.807, 2.05) is 24.3 Å². The Morgan fingerprint density at radius 3 is 3.06 bits per heavy atom. The minimum Gasteiger partial charge on any atom is -0.497 e. The van der Waals surface area contributed by atoms with Gasteiger partial charge in [-0.15, -0.1) is 0 Å². The van der Waals surface area contributed by atoms with Gasteiger partial charge in [-0.1, -0.05) is 12.1 Å². The van der Waals surface area contributed by atoms with Gasteiger partial charge in [0.05, 0.1) is 13.2 Å². The quantitative estimate of drug-likeness (QED) is 0.878. The van der Waals surface area contributed by atoms with Crippen LogP contribution < -0.4 is 10.1 Å². The Labute approximate surface area is 108 Å². The highest BCUT2D eigenvalue weighted by molar-refractivity contribution is 5.33. The first-order chi connectivity index (χ1) is 8.85. The molecule has 4 heteroatoms. The van der Waals surface area contributed by atoms with Gasteiger partial charge in [-0.2, -0.15) is 5.26 Å². The smallest absolute Gasteiger partial charge is 0.124 e. The zero-order valence-corrected chi connectivity index (χ0v) is 10.7. The third-order valence-electron chi connectivity index (χ3n) is 3.27. The Morgan fingerprint density at radius 1 is 1.39 bits per heavy atom. The molecular weight excluding hydrogens is 226 g/mol. The Kier molecular flexibility index (Phi) is 4.57. The molecule has 0 amide bonds. The lowest BCUT2D eigenvalue weighted by Gasteiger charge is -2.25. The molecule has 1 heterocycles.